The quantitative estimate of drug-likeness (QED) is 0.858. The lowest BCUT2D eigenvalue weighted by atomic mass is 10.1. The van der Waals surface area contributed by atoms with Crippen LogP contribution < -0.4 is 5.32 Å². The molecular formula is C18H22Cl2N4O. The molecule has 7 heteroatoms. The molecule has 1 aliphatic heterocycles. The molecule has 134 valence electrons. The van der Waals surface area contributed by atoms with Gasteiger partial charge in [-0.25, -0.2) is 0 Å². The van der Waals surface area contributed by atoms with Gasteiger partial charge in [0.15, 0.2) is 0 Å². The summed E-state index contributed by atoms with van der Waals surface area (Å²) in [4.78, 5) is 14.6. The van der Waals surface area contributed by atoms with Crippen molar-refractivity contribution in [3.05, 3.63) is 51.8 Å². The van der Waals surface area contributed by atoms with Crippen LogP contribution in [0.25, 0.3) is 0 Å². The number of piperidine rings is 1. The highest BCUT2D eigenvalue weighted by molar-refractivity contribution is 6.42. The molecule has 3 rings (SSSR count). The molecule has 0 aliphatic carbocycles. The summed E-state index contributed by atoms with van der Waals surface area (Å²) < 4.78 is 1.91. The molecule has 1 N–H and O–H groups in total. The number of nitrogens with one attached hydrogen (secondary N) is 1. The summed E-state index contributed by atoms with van der Waals surface area (Å²) >= 11 is 12.0. The third-order valence-corrected chi connectivity index (χ3v) is 5.24. The van der Waals surface area contributed by atoms with Gasteiger partial charge in [0.25, 0.3) is 5.91 Å². The molecule has 1 unspecified atom stereocenters. The zero-order chi connectivity index (χ0) is 17.8. The Morgan fingerprint density at radius 1 is 1.36 bits per heavy atom. The Kier molecular flexibility index (Phi) is 5.99. The van der Waals surface area contributed by atoms with E-state index in [2.05, 4.69) is 10.4 Å². The number of halogens is 2. The minimum Gasteiger partial charge on any atom is -0.333 e. The lowest BCUT2D eigenvalue weighted by molar-refractivity contribution is 0.0745. The average molecular weight is 381 g/mol. The largest absolute Gasteiger partial charge is 0.333 e. The number of aromatic nitrogens is 2. The molecule has 1 aliphatic rings. The number of hydrogen-bond acceptors (Lipinski definition) is 3. The van der Waals surface area contributed by atoms with Crippen molar-refractivity contribution in [2.24, 2.45) is 0 Å². The SMILES string of the molecule is CCN(Cc1ccc(Cl)c(Cl)c1)C(=O)c1ccn(C2CCCNC2)n1. The Bertz CT molecular complexity index is 740. The summed E-state index contributed by atoms with van der Waals surface area (Å²) in [6, 6.07) is 7.56. The molecule has 0 radical (unpaired) electrons. The Morgan fingerprint density at radius 2 is 2.20 bits per heavy atom. The Morgan fingerprint density at radius 3 is 2.88 bits per heavy atom. The Labute approximate surface area is 157 Å². The molecule has 2 aromatic rings. The molecule has 1 aromatic heterocycles. The maximum Gasteiger partial charge on any atom is 0.274 e. The normalized spacial score (nSPS) is 17.5. The first-order valence-corrected chi connectivity index (χ1v) is 9.33. The summed E-state index contributed by atoms with van der Waals surface area (Å²) in [7, 11) is 0. The predicted molar refractivity (Wildman–Crippen MR) is 100 cm³/mol. The van der Waals surface area contributed by atoms with Gasteiger partial charge in [-0.3, -0.25) is 9.48 Å². The summed E-state index contributed by atoms with van der Waals surface area (Å²) in [5.41, 5.74) is 1.42. The van der Waals surface area contributed by atoms with Gasteiger partial charge >= 0.3 is 0 Å². The van der Waals surface area contributed by atoms with Crippen LogP contribution in [0.3, 0.4) is 0 Å². The second-order valence-corrected chi connectivity index (χ2v) is 7.06. The minimum absolute atomic E-state index is 0.0731. The molecule has 1 saturated heterocycles. The van der Waals surface area contributed by atoms with Crippen molar-refractivity contribution < 1.29 is 4.79 Å². The van der Waals surface area contributed by atoms with Gasteiger partial charge < -0.3 is 10.2 Å². The number of nitrogens with zero attached hydrogens (tertiary/aromatic N) is 3. The van der Waals surface area contributed by atoms with E-state index < -0.39 is 0 Å². The molecule has 0 spiro atoms. The van der Waals surface area contributed by atoms with E-state index >= 15 is 0 Å². The lowest BCUT2D eigenvalue weighted by Gasteiger charge is -2.23. The molecule has 1 aromatic carbocycles. The van der Waals surface area contributed by atoms with Gasteiger partial charge in [0.1, 0.15) is 5.69 Å². The molecule has 1 amide bonds. The summed E-state index contributed by atoms with van der Waals surface area (Å²) in [6.45, 7) is 4.98. The van der Waals surface area contributed by atoms with Crippen LogP contribution in [-0.4, -0.2) is 40.2 Å². The highest BCUT2D eigenvalue weighted by atomic mass is 35.5. The third kappa shape index (κ3) is 4.35. The molecule has 1 atom stereocenters. The van der Waals surface area contributed by atoms with Crippen molar-refractivity contribution in [2.45, 2.75) is 32.4 Å². The second kappa shape index (κ2) is 8.21. The highest BCUT2D eigenvalue weighted by Gasteiger charge is 2.21. The fraction of sp³-hybridized carbons (Fsp3) is 0.444. The first-order chi connectivity index (χ1) is 12.1. The number of carbonyl (C=O) groups excluding carboxylic acids is 1. The third-order valence-electron chi connectivity index (χ3n) is 4.50. The fourth-order valence-electron chi connectivity index (χ4n) is 3.06. The monoisotopic (exact) mass is 380 g/mol. The van der Waals surface area contributed by atoms with E-state index in [4.69, 9.17) is 23.2 Å². The van der Waals surface area contributed by atoms with Crippen LogP contribution in [0.1, 0.15) is 41.9 Å². The van der Waals surface area contributed by atoms with Crippen LogP contribution in [0.2, 0.25) is 10.0 Å². The molecule has 25 heavy (non-hydrogen) atoms. The van der Waals surface area contributed by atoms with Gasteiger partial charge in [-0.1, -0.05) is 29.3 Å². The van der Waals surface area contributed by atoms with Gasteiger partial charge in [0, 0.05) is 25.8 Å². The van der Waals surface area contributed by atoms with Crippen molar-refractivity contribution in [2.75, 3.05) is 19.6 Å². The van der Waals surface area contributed by atoms with E-state index in [0.29, 0.717) is 34.9 Å². The van der Waals surface area contributed by atoms with Gasteiger partial charge in [-0.15, -0.1) is 0 Å². The number of hydrogen-bond donors (Lipinski definition) is 1. The predicted octanol–water partition coefficient (Wildman–Crippen LogP) is 3.78. The first kappa shape index (κ1) is 18.2. The van der Waals surface area contributed by atoms with Gasteiger partial charge in [-0.2, -0.15) is 5.10 Å². The zero-order valence-corrected chi connectivity index (χ0v) is 15.7. The standard InChI is InChI=1S/C18H22Cl2N4O/c1-2-23(12-13-5-6-15(19)16(20)10-13)18(25)17-7-9-24(22-17)14-4-3-8-21-11-14/h5-7,9-10,14,21H,2-4,8,11-12H2,1H3. The van der Waals surface area contributed by atoms with E-state index in [9.17, 15) is 4.79 Å². The lowest BCUT2D eigenvalue weighted by Crippen LogP contribution is -2.33. The van der Waals surface area contributed by atoms with E-state index in [-0.39, 0.29) is 5.91 Å². The summed E-state index contributed by atoms with van der Waals surface area (Å²) in [6.07, 6.45) is 4.12. The fourth-order valence-corrected chi connectivity index (χ4v) is 3.38. The van der Waals surface area contributed by atoms with Crippen molar-refractivity contribution in [1.82, 2.24) is 20.0 Å². The van der Waals surface area contributed by atoms with Crippen LogP contribution in [0.15, 0.2) is 30.5 Å². The Balaban J connectivity index is 1.71. The van der Waals surface area contributed by atoms with E-state index in [1.807, 2.05) is 23.9 Å². The summed E-state index contributed by atoms with van der Waals surface area (Å²) in [5, 5.41) is 8.89. The van der Waals surface area contributed by atoms with Crippen molar-refractivity contribution in [1.29, 1.82) is 0 Å². The smallest absolute Gasteiger partial charge is 0.274 e. The number of amides is 1. The first-order valence-electron chi connectivity index (χ1n) is 8.57. The molecule has 1 fully saturated rings. The van der Waals surface area contributed by atoms with E-state index in [1.165, 1.54) is 0 Å². The van der Waals surface area contributed by atoms with Gasteiger partial charge in [-0.05, 0) is 50.1 Å². The Hall–Kier alpha value is -1.56. The van der Waals surface area contributed by atoms with Crippen LogP contribution in [-0.2, 0) is 6.54 Å². The van der Waals surface area contributed by atoms with Crippen molar-refractivity contribution in [3.63, 3.8) is 0 Å². The molecule has 0 bridgehead atoms. The van der Waals surface area contributed by atoms with Gasteiger partial charge in [0.05, 0.1) is 16.1 Å². The van der Waals surface area contributed by atoms with E-state index in [1.54, 1.807) is 23.1 Å². The molecule has 0 saturated carbocycles. The minimum atomic E-state index is -0.0731. The number of rotatable bonds is 5. The average Bonchev–Trinajstić information content (AvgIpc) is 3.13. The van der Waals surface area contributed by atoms with Crippen LogP contribution >= 0.6 is 23.2 Å². The second-order valence-electron chi connectivity index (χ2n) is 6.25. The van der Waals surface area contributed by atoms with Crippen molar-refractivity contribution in [3.8, 4) is 0 Å². The number of benzene rings is 1. The maximum atomic E-state index is 12.8. The van der Waals surface area contributed by atoms with Gasteiger partial charge in [0.2, 0.25) is 0 Å². The van der Waals surface area contributed by atoms with Crippen LogP contribution in [0.5, 0.6) is 0 Å². The highest BCUT2D eigenvalue weighted by Crippen LogP contribution is 2.23. The molecule has 2 heterocycles. The van der Waals surface area contributed by atoms with E-state index in [0.717, 1.165) is 31.5 Å². The number of carbonyl (C=O) groups is 1. The molecule has 5 nitrogen and oxygen atoms in total. The van der Waals surface area contributed by atoms with Crippen LogP contribution in [0.4, 0.5) is 0 Å². The van der Waals surface area contributed by atoms with Crippen molar-refractivity contribution >= 4 is 29.1 Å². The molecular weight excluding hydrogens is 359 g/mol. The maximum absolute atomic E-state index is 12.8. The summed E-state index contributed by atoms with van der Waals surface area (Å²) in [5.74, 6) is -0.0731. The topological polar surface area (TPSA) is 50.2 Å². The zero-order valence-electron chi connectivity index (χ0n) is 14.2. The van der Waals surface area contributed by atoms with Crippen LogP contribution in [0, 0.1) is 0 Å².